The van der Waals surface area contributed by atoms with Crippen molar-refractivity contribution in [2.45, 2.75) is 19.4 Å². The summed E-state index contributed by atoms with van der Waals surface area (Å²) in [4.78, 5) is 20.8. The van der Waals surface area contributed by atoms with Gasteiger partial charge in [-0.25, -0.2) is 4.98 Å². The lowest BCUT2D eigenvalue weighted by atomic mass is 9.93. The van der Waals surface area contributed by atoms with Gasteiger partial charge in [-0.3, -0.25) is 0 Å². The number of nitrogens with one attached hydrogen (secondary N) is 1. The first-order valence-corrected chi connectivity index (χ1v) is 9.36. The van der Waals surface area contributed by atoms with Crippen LogP contribution in [0.4, 0.5) is 0 Å². The van der Waals surface area contributed by atoms with E-state index < -0.39 is 0 Å². The van der Waals surface area contributed by atoms with E-state index in [9.17, 15) is 0 Å². The normalized spacial score (nSPS) is 20.1. The molecule has 3 rings (SSSR count). The molecule has 2 aromatic rings. The van der Waals surface area contributed by atoms with E-state index in [2.05, 4.69) is 15.7 Å². The highest BCUT2D eigenvalue weighted by Gasteiger charge is 2.27. The van der Waals surface area contributed by atoms with Gasteiger partial charge in [0.2, 0.25) is 0 Å². The fourth-order valence-electron chi connectivity index (χ4n) is 2.75. The molecule has 2 heterocycles. The van der Waals surface area contributed by atoms with Gasteiger partial charge in [0.05, 0.1) is 27.8 Å². The first-order valence-electron chi connectivity index (χ1n) is 7.72. The standard InChI is InChI=1S/C16H18Cl2N2OS.CO2/c1-10-9-22-15(20-10)7-12-8-19-4-5-21-16(12)11-2-3-13(17)14(18)6-11;2-1-3/h2-3,6,9,12,16,19H,4-5,7-8H2,1H3;/t12-,16+;/m1./s1. The van der Waals surface area contributed by atoms with Crippen molar-refractivity contribution in [3.05, 3.63) is 49.9 Å². The van der Waals surface area contributed by atoms with Crippen LogP contribution in [0.25, 0.3) is 0 Å². The van der Waals surface area contributed by atoms with Crippen LogP contribution in [-0.2, 0) is 20.7 Å². The summed E-state index contributed by atoms with van der Waals surface area (Å²) < 4.78 is 6.09. The quantitative estimate of drug-likeness (QED) is 0.850. The summed E-state index contributed by atoms with van der Waals surface area (Å²) in [6, 6.07) is 5.76. The lowest BCUT2D eigenvalue weighted by Crippen LogP contribution is -2.26. The average Bonchev–Trinajstić information content (AvgIpc) is 2.85. The molecule has 1 aliphatic heterocycles. The highest BCUT2D eigenvalue weighted by Crippen LogP contribution is 2.34. The summed E-state index contributed by atoms with van der Waals surface area (Å²) in [6.45, 7) is 4.49. The van der Waals surface area contributed by atoms with Crippen molar-refractivity contribution in [1.82, 2.24) is 10.3 Å². The van der Waals surface area contributed by atoms with E-state index in [0.717, 1.165) is 35.8 Å². The molecule has 1 saturated heterocycles. The van der Waals surface area contributed by atoms with E-state index in [1.165, 1.54) is 0 Å². The number of benzene rings is 1. The van der Waals surface area contributed by atoms with Crippen LogP contribution < -0.4 is 5.32 Å². The molecule has 5 nitrogen and oxygen atoms in total. The van der Waals surface area contributed by atoms with Gasteiger partial charge in [0.25, 0.3) is 0 Å². The summed E-state index contributed by atoms with van der Waals surface area (Å²) >= 11 is 13.9. The highest BCUT2D eigenvalue weighted by atomic mass is 35.5. The van der Waals surface area contributed by atoms with E-state index in [-0.39, 0.29) is 12.3 Å². The molecule has 1 N–H and O–H groups in total. The molecule has 8 heteroatoms. The third-order valence-corrected chi connectivity index (χ3v) is 5.51. The Morgan fingerprint density at radius 1 is 1.36 bits per heavy atom. The van der Waals surface area contributed by atoms with Gasteiger partial charge in [0.15, 0.2) is 0 Å². The summed E-state index contributed by atoms with van der Waals surface area (Å²) in [6.07, 6.45) is 1.16. The molecule has 1 aromatic carbocycles. The number of thiazole rings is 1. The second kappa shape index (κ2) is 10.0. The fourth-order valence-corrected chi connectivity index (χ4v) is 3.92. The molecular formula is C17H18Cl2N2O3S. The Morgan fingerprint density at radius 3 is 2.76 bits per heavy atom. The molecule has 134 valence electrons. The Hall–Kier alpha value is -1.27. The Kier molecular flexibility index (Phi) is 8.03. The number of halogens is 2. The minimum absolute atomic E-state index is 0.00831. The molecule has 0 amide bonds. The van der Waals surface area contributed by atoms with Gasteiger partial charge >= 0.3 is 6.15 Å². The molecule has 0 spiro atoms. The molecule has 0 bridgehead atoms. The van der Waals surface area contributed by atoms with Crippen LogP contribution in [0.3, 0.4) is 0 Å². The van der Waals surface area contributed by atoms with Crippen LogP contribution in [0.1, 0.15) is 22.4 Å². The maximum Gasteiger partial charge on any atom is 0.373 e. The maximum atomic E-state index is 8.12. The summed E-state index contributed by atoms with van der Waals surface area (Å²) in [5.74, 6) is 0.324. The van der Waals surface area contributed by atoms with Crippen molar-refractivity contribution in [1.29, 1.82) is 0 Å². The van der Waals surface area contributed by atoms with Crippen molar-refractivity contribution < 1.29 is 14.3 Å². The van der Waals surface area contributed by atoms with Gasteiger partial charge in [-0.1, -0.05) is 29.3 Å². The molecule has 0 saturated carbocycles. The third kappa shape index (κ3) is 5.89. The first kappa shape index (κ1) is 20.0. The number of aryl methyl sites for hydroxylation is 1. The lowest BCUT2D eigenvalue weighted by Gasteiger charge is -2.24. The Labute approximate surface area is 160 Å². The zero-order valence-corrected chi connectivity index (χ0v) is 16.0. The Balaban J connectivity index is 0.000000701. The Bertz CT molecular complexity index is 732. The van der Waals surface area contributed by atoms with Crippen LogP contribution in [0, 0.1) is 12.8 Å². The second-order valence-electron chi connectivity index (χ2n) is 5.60. The zero-order valence-electron chi connectivity index (χ0n) is 13.6. The van der Waals surface area contributed by atoms with Crippen molar-refractivity contribution in [3.8, 4) is 0 Å². The van der Waals surface area contributed by atoms with E-state index in [0.29, 0.717) is 22.6 Å². The molecule has 0 radical (unpaired) electrons. The van der Waals surface area contributed by atoms with Gasteiger partial charge < -0.3 is 10.1 Å². The summed E-state index contributed by atoms with van der Waals surface area (Å²) in [5.41, 5.74) is 2.16. The smallest absolute Gasteiger partial charge is 0.372 e. The molecule has 0 unspecified atom stereocenters. The number of hydrogen-bond acceptors (Lipinski definition) is 6. The number of hydrogen-bond donors (Lipinski definition) is 1. The number of carbonyl (C=O) groups excluding carboxylic acids is 2. The van der Waals surface area contributed by atoms with Crippen LogP contribution in [0.2, 0.25) is 10.0 Å². The topological polar surface area (TPSA) is 68.3 Å². The van der Waals surface area contributed by atoms with E-state index >= 15 is 0 Å². The van der Waals surface area contributed by atoms with E-state index in [1.54, 1.807) is 11.3 Å². The second-order valence-corrected chi connectivity index (χ2v) is 7.36. The van der Waals surface area contributed by atoms with Gasteiger partial charge in [0.1, 0.15) is 0 Å². The summed E-state index contributed by atoms with van der Waals surface area (Å²) in [7, 11) is 0. The van der Waals surface area contributed by atoms with Crippen LogP contribution >= 0.6 is 34.5 Å². The zero-order chi connectivity index (χ0) is 18.2. The van der Waals surface area contributed by atoms with Crippen LogP contribution in [0.15, 0.2) is 23.6 Å². The number of aromatic nitrogens is 1. The SMILES string of the molecule is Cc1csc(C[C@@H]2CNCCO[C@H]2c2ccc(Cl)c(Cl)c2)n1.O=C=O. The predicted molar refractivity (Wildman–Crippen MR) is 97.1 cm³/mol. The molecule has 1 aromatic heterocycles. The Morgan fingerprint density at radius 2 is 2.12 bits per heavy atom. The van der Waals surface area contributed by atoms with Gasteiger partial charge in [-0.15, -0.1) is 11.3 Å². The molecular weight excluding hydrogens is 383 g/mol. The molecule has 1 aliphatic rings. The van der Waals surface area contributed by atoms with E-state index in [1.807, 2.05) is 25.1 Å². The number of ether oxygens (including phenoxy) is 1. The largest absolute Gasteiger partial charge is 0.373 e. The summed E-state index contributed by atoms with van der Waals surface area (Å²) in [5, 5.41) is 7.83. The average molecular weight is 401 g/mol. The van der Waals surface area contributed by atoms with Crippen LogP contribution in [0.5, 0.6) is 0 Å². The van der Waals surface area contributed by atoms with Crippen LogP contribution in [-0.4, -0.2) is 30.8 Å². The first-order chi connectivity index (χ1) is 12.0. The maximum absolute atomic E-state index is 8.12. The van der Waals surface area contributed by atoms with Crippen molar-refractivity contribution in [3.63, 3.8) is 0 Å². The third-order valence-electron chi connectivity index (χ3n) is 3.79. The monoisotopic (exact) mass is 400 g/mol. The van der Waals surface area contributed by atoms with Crippen molar-refractivity contribution in [2.75, 3.05) is 19.7 Å². The predicted octanol–water partition coefficient (Wildman–Crippen LogP) is 3.69. The fraction of sp³-hybridized carbons (Fsp3) is 0.412. The molecule has 2 atom stereocenters. The highest BCUT2D eigenvalue weighted by molar-refractivity contribution is 7.09. The van der Waals surface area contributed by atoms with Gasteiger partial charge in [-0.05, 0) is 24.6 Å². The minimum atomic E-state index is 0.00831. The van der Waals surface area contributed by atoms with E-state index in [4.69, 9.17) is 37.5 Å². The molecule has 1 fully saturated rings. The van der Waals surface area contributed by atoms with Gasteiger partial charge in [-0.2, -0.15) is 9.59 Å². The number of nitrogens with zero attached hydrogens (tertiary/aromatic N) is 1. The van der Waals surface area contributed by atoms with Gasteiger partial charge in [0, 0.05) is 36.5 Å². The molecule has 0 aliphatic carbocycles. The number of rotatable bonds is 3. The molecule has 25 heavy (non-hydrogen) atoms. The van der Waals surface area contributed by atoms with Crippen molar-refractivity contribution >= 4 is 40.7 Å². The lowest BCUT2D eigenvalue weighted by molar-refractivity contribution is -0.191. The van der Waals surface area contributed by atoms with Crippen molar-refractivity contribution in [2.24, 2.45) is 5.92 Å². The minimum Gasteiger partial charge on any atom is -0.372 e.